The van der Waals surface area contributed by atoms with Crippen molar-refractivity contribution < 1.29 is 38.1 Å². The first-order chi connectivity index (χ1) is 15.1. The fourth-order valence-corrected chi connectivity index (χ4v) is 6.12. The number of fused-ring (bicyclic) bond motifs is 1. The molecule has 0 saturated heterocycles. The normalized spacial score (nSPS) is 31.3. The fourth-order valence-electron chi connectivity index (χ4n) is 6.12. The van der Waals surface area contributed by atoms with Crippen molar-refractivity contribution >= 4 is 23.9 Å². The van der Waals surface area contributed by atoms with Crippen molar-refractivity contribution in [2.24, 2.45) is 23.2 Å². The number of carbonyl (C=O) groups excluding carboxylic acids is 4. The van der Waals surface area contributed by atoms with Crippen LogP contribution in [0.4, 0.5) is 0 Å². The number of hydrogen-bond acceptors (Lipinski definition) is 8. The molecule has 0 bridgehead atoms. The van der Waals surface area contributed by atoms with Crippen LogP contribution in [0.2, 0.25) is 0 Å². The van der Waals surface area contributed by atoms with Gasteiger partial charge in [0.2, 0.25) is 0 Å². The Hall–Kier alpha value is -2.12. The van der Waals surface area contributed by atoms with E-state index in [-0.39, 0.29) is 53.3 Å². The Bertz CT molecular complexity index is 689. The van der Waals surface area contributed by atoms with Crippen LogP contribution >= 0.6 is 0 Å². The van der Waals surface area contributed by atoms with Gasteiger partial charge in [-0.05, 0) is 56.8 Å². The van der Waals surface area contributed by atoms with Gasteiger partial charge in [-0.15, -0.1) is 0 Å². The van der Waals surface area contributed by atoms with Crippen LogP contribution in [0.5, 0.6) is 0 Å². The quantitative estimate of drug-likeness (QED) is 0.280. The van der Waals surface area contributed by atoms with E-state index in [0.717, 1.165) is 12.8 Å². The third-order valence-electron chi connectivity index (χ3n) is 6.97. The van der Waals surface area contributed by atoms with Gasteiger partial charge in [0, 0.05) is 39.0 Å². The summed E-state index contributed by atoms with van der Waals surface area (Å²) in [6.45, 7) is 8.35. The molecule has 2 fully saturated rings. The Labute approximate surface area is 190 Å². The minimum absolute atomic E-state index is 0.0406. The van der Waals surface area contributed by atoms with Crippen molar-refractivity contribution in [1.29, 1.82) is 0 Å². The van der Waals surface area contributed by atoms with Gasteiger partial charge in [-0.3, -0.25) is 19.2 Å². The zero-order valence-corrected chi connectivity index (χ0v) is 20.0. The predicted octanol–water partition coefficient (Wildman–Crippen LogP) is 3.59. The number of hydrogen-bond donors (Lipinski definition) is 0. The SMILES string of the molecule is CC(=O)OCCC[C@H]1[C@@H](OC(C)=O)C[C@@H]2C[C@@H](C)CC(OC(C)=O)[C@@]21CCCOC(C)=O. The van der Waals surface area contributed by atoms with Crippen molar-refractivity contribution in [3.63, 3.8) is 0 Å². The molecule has 2 aliphatic carbocycles. The molecule has 0 radical (unpaired) electrons. The third-order valence-corrected chi connectivity index (χ3v) is 6.97. The lowest BCUT2D eigenvalue weighted by molar-refractivity contribution is -0.173. The lowest BCUT2D eigenvalue weighted by Gasteiger charge is -2.50. The molecular formula is C24H38O8. The van der Waals surface area contributed by atoms with Crippen LogP contribution in [0.15, 0.2) is 0 Å². The molecule has 182 valence electrons. The third kappa shape index (κ3) is 6.69. The highest BCUT2D eigenvalue weighted by Gasteiger charge is 2.62. The molecule has 2 aliphatic rings. The fraction of sp³-hybridized carbons (Fsp3) is 0.833. The van der Waals surface area contributed by atoms with Crippen molar-refractivity contribution in [2.45, 2.75) is 91.8 Å². The van der Waals surface area contributed by atoms with E-state index in [1.807, 2.05) is 0 Å². The molecule has 0 N–H and O–H groups in total. The maximum atomic E-state index is 12.0. The predicted molar refractivity (Wildman–Crippen MR) is 115 cm³/mol. The molecule has 0 spiro atoms. The molecule has 8 heteroatoms. The van der Waals surface area contributed by atoms with E-state index < -0.39 is 0 Å². The summed E-state index contributed by atoms with van der Waals surface area (Å²) in [7, 11) is 0. The molecule has 2 saturated carbocycles. The standard InChI is InChI=1S/C24H38O8/c1-15-12-20-14-22(31-18(4)27)21(8-6-10-29-16(2)25)24(20,9-7-11-30-17(3)26)23(13-15)32-19(5)28/h15,20-23H,6-14H2,1-5H3/t15-,20+,21+,22+,23?,24+/m1/s1. The van der Waals surface area contributed by atoms with Gasteiger partial charge in [0.25, 0.3) is 0 Å². The average molecular weight is 455 g/mol. The lowest BCUT2D eigenvalue weighted by Crippen LogP contribution is -2.51. The maximum Gasteiger partial charge on any atom is 0.302 e. The summed E-state index contributed by atoms with van der Waals surface area (Å²) < 4.78 is 22.0. The van der Waals surface area contributed by atoms with Gasteiger partial charge in [0.05, 0.1) is 13.2 Å². The highest BCUT2D eigenvalue weighted by Crippen LogP contribution is 2.62. The molecule has 0 heterocycles. The topological polar surface area (TPSA) is 105 Å². The van der Waals surface area contributed by atoms with E-state index in [1.54, 1.807) is 0 Å². The molecule has 0 aromatic heterocycles. The van der Waals surface area contributed by atoms with E-state index in [4.69, 9.17) is 18.9 Å². The first-order valence-corrected chi connectivity index (χ1v) is 11.7. The molecule has 0 aliphatic heterocycles. The van der Waals surface area contributed by atoms with Gasteiger partial charge in [-0.25, -0.2) is 0 Å². The summed E-state index contributed by atoms with van der Waals surface area (Å²) in [6, 6.07) is 0. The van der Waals surface area contributed by atoms with Gasteiger partial charge < -0.3 is 18.9 Å². The Kier molecular flexibility index (Phi) is 9.52. The average Bonchev–Trinajstić information content (AvgIpc) is 2.94. The number of ether oxygens (including phenoxy) is 4. The Morgan fingerprint density at radius 1 is 0.781 bits per heavy atom. The van der Waals surface area contributed by atoms with Gasteiger partial charge >= 0.3 is 23.9 Å². The first-order valence-electron chi connectivity index (χ1n) is 11.7. The second-order valence-electron chi connectivity index (χ2n) is 9.40. The molecule has 6 atom stereocenters. The Morgan fingerprint density at radius 3 is 1.94 bits per heavy atom. The van der Waals surface area contributed by atoms with Crippen LogP contribution in [0.1, 0.15) is 79.6 Å². The van der Waals surface area contributed by atoms with Crippen LogP contribution in [0, 0.1) is 23.2 Å². The summed E-state index contributed by atoms with van der Waals surface area (Å²) in [5, 5.41) is 0. The zero-order valence-electron chi connectivity index (χ0n) is 20.0. The summed E-state index contributed by atoms with van der Waals surface area (Å²) in [5.74, 6) is -0.746. The first kappa shape index (κ1) is 26.1. The molecule has 2 rings (SSSR count). The highest BCUT2D eigenvalue weighted by molar-refractivity contribution is 5.67. The van der Waals surface area contributed by atoms with Gasteiger partial charge in [-0.2, -0.15) is 0 Å². The van der Waals surface area contributed by atoms with E-state index in [9.17, 15) is 19.2 Å². The van der Waals surface area contributed by atoms with E-state index in [2.05, 4.69) is 6.92 Å². The minimum Gasteiger partial charge on any atom is -0.466 e. The second-order valence-corrected chi connectivity index (χ2v) is 9.40. The van der Waals surface area contributed by atoms with Gasteiger partial charge in [-0.1, -0.05) is 6.92 Å². The van der Waals surface area contributed by atoms with Crippen molar-refractivity contribution in [1.82, 2.24) is 0 Å². The summed E-state index contributed by atoms with van der Waals surface area (Å²) in [5.41, 5.74) is -0.380. The van der Waals surface area contributed by atoms with Gasteiger partial charge in [0.1, 0.15) is 12.2 Å². The highest BCUT2D eigenvalue weighted by atomic mass is 16.6. The van der Waals surface area contributed by atoms with Crippen LogP contribution in [-0.2, 0) is 38.1 Å². The number of esters is 4. The summed E-state index contributed by atoms with van der Waals surface area (Å²) in [6.07, 6.45) is 4.48. The minimum atomic E-state index is -0.380. The second kappa shape index (κ2) is 11.7. The van der Waals surface area contributed by atoms with Crippen molar-refractivity contribution in [2.75, 3.05) is 13.2 Å². The Balaban J connectivity index is 2.36. The molecule has 0 amide bonds. The molecular weight excluding hydrogens is 416 g/mol. The molecule has 32 heavy (non-hydrogen) atoms. The van der Waals surface area contributed by atoms with Crippen LogP contribution < -0.4 is 0 Å². The van der Waals surface area contributed by atoms with Crippen molar-refractivity contribution in [3.8, 4) is 0 Å². The van der Waals surface area contributed by atoms with Crippen LogP contribution in [0.25, 0.3) is 0 Å². The lowest BCUT2D eigenvalue weighted by atomic mass is 9.57. The maximum absolute atomic E-state index is 12.0. The van der Waals surface area contributed by atoms with Gasteiger partial charge in [0.15, 0.2) is 0 Å². The molecule has 0 aromatic carbocycles. The summed E-state index contributed by atoms with van der Waals surface area (Å²) >= 11 is 0. The van der Waals surface area contributed by atoms with Crippen LogP contribution in [0.3, 0.4) is 0 Å². The smallest absolute Gasteiger partial charge is 0.302 e. The molecule has 1 unspecified atom stereocenters. The monoisotopic (exact) mass is 454 g/mol. The Morgan fingerprint density at radius 2 is 1.38 bits per heavy atom. The largest absolute Gasteiger partial charge is 0.466 e. The molecule has 0 aromatic rings. The molecule has 8 nitrogen and oxygen atoms in total. The van der Waals surface area contributed by atoms with Crippen molar-refractivity contribution in [3.05, 3.63) is 0 Å². The number of rotatable bonds is 10. The zero-order chi connectivity index (χ0) is 23.9. The van der Waals surface area contributed by atoms with Crippen LogP contribution in [-0.4, -0.2) is 49.3 Å². The summed E-state index contributed by atoms with van der Waals surface area (Å²) in [4.78, 5) is 46.4. The van der Waals surface area contributed by atoms with E-state index in [0.29, 0.717) is 51.2 Å². The van der Waals surface area contributed by atoms with E-state index in [1.165, 1.54) is 27.7 Å². The van der Waals surface area contributed by atoms with E-state index >= 15 is 0 Å². The number of carbonyl (C=O) groups is 4.